The van der Waals surface area contributed by atoms with Gasteiger partial charge in [-0.05, 0) is 38.1 Å². The van der Waals surface area contributed by atoms with E-state index in [-0.39, 0.29) is 16.8 Å². The first-order chi connectivity index (χ1) is 12.4. The van der Waals surface area contributed by atoms with Crippen molar-refractivity contribution in [3.8, 4) is 0 Å². The van der Waals surface area contributed by atoms with Gasteiger partial charge < -0.3 is 9.80 Å². The van der Waals surface area contributed by atoms with Crippen molar-refractivity contribution >= 4 is 15.9 Å². The van der Waals surface area contributed by atoms with Crippen LogP contribution in [0, 0.1) is 0 Å². The smallest absolute Gasteiger partial charge is 0.253 e. The van der Waals surface area contributed by atoms with Crippen LogP contribution < -0.4 is 0 Å². The zero-order chi connectivity index (χ0) is 18.7. The molecular weight excluding hydrogens is 350 g/mol. The molecule has 0 unspecified atom stereocenters. The molecule has 1 aromatic rings. The van der Waals surface area contributed by atoms with Crippen LogP contribution in [0.3, 0.4) is 0 Å². The molecule has 0 radical (unpaired) electrons. The summed E-state index contributed by atoms with van der Waals surface area (Å²) in [6, 6.07) is 6.57. The Hall–Kier alpha value is -1.44. The third-order valence-corrected chi connectivity index (χ3v) is 7.54. The summed E-state index contributed by atoms with van der Waals surface area (Å²) in [6.07, 6.45) is 5.16. The molecule has 26 heavy (non-hydrogen) atoms. The van der Waals surface area contributed by atoms with Crippen LogP contribution in [-0.4, -0.2) is 74.7 Å². The van der Waals surface area contributed by atoms with Crippen LogP contribution in [0.2, 0.25) is 0 Å². The number of nitrogens with zero attached hydrogens (tertiary/aromatic N) is 3. The molecule has 1 aliphatic heterocycles. The predicted molar refractivity (Wildman–Crippen MR) is 102 cm³/mol. The molecule has 0 N–H and O–H groups in total. The number of piperazine rings is 1. The van der Waals surface area contributed by atoms with Crippen molar-refractivity contribution in [1.82, 2.24) is 14.1 Å². The van der Waals surface area contributed by atoms with Crippen molar-refractivity contribution < 1.29 is 13.2 Å². The van der Waals surface area contributed by atoms with E-state index in [1.807, 2.05) is 7.05 Å². The molecule has 2 fully saturated rings. The van der Waals surface area contributed by atoms with Gasteiger partial charge in [0, 0.05) is 44.8 Å². The lowest BCUT2D eigenvalue weighted by Gasteiger charge is -2.32. The summed E-state index contributed by atoms with van der Waals surface area (Å²) in [5.74, 6) is -0.0875. The molecule has 1 saturated heterocycles. The monoisotopic (exact) mass is 379 g/mol. The average molecular weight is 380 g/mol. The largest absolute Gasteiger partial charge is 0.336 e. The van der Waals surface area contributed by atoms with Crippen molar-refractivity contribution in [1.29, 1.82) is 0 Å². The minimum absolute atomic E-state index is 0.0609. The highest BCUT2D eigenvalue weighted by Gasteiger charge is 2.30. The van der Waals surface area contributed by atoms with E-state index in [0.717, 1.165) is 38.8 Å². The average Bonchev–Trinajstić information content (AvgIpc) is 2.68. The number of carbonyl (C=O) groups is 1. The van der Waals surface area contributed by atoms with Crippen molar-refractivity contribution in [3.63, 3.8) is 0 Å². The summed E-state index contributed by atoms with van der Waals surface area (Å²) in [5, 5.41) is 0. The number of sulfonamides is 1. The molecule has 1 aromatic carbocycles. The Balaban J connectivity index is 1.78. The lowest BCUT2D eigenvalue weighted by molar-refractivity contribution is 0.0664. The summed E-state index contributed by atoms with van der Waals surface area (Å²) < 4.78 is 27.5. The van der Waals surface area contributed by atoms with E-state index in [2.05, 4.69) is 4.90 Å². The SMILES string of the molecule is CN1CCN(C(=O)c2cccc(S(=O)(=O)N(C)C3CCCCC3)c2)CC1. The first kappa shape index (κ1) is 19.3. The number of likely N-dealkylation sites (N-methyl/N-ethyl adjacent to an activating group) is 1. The summed E-state index contributed by atoms with van der Waals surface area (Å²) in [5.41, 5.74) is 0.452. The van der Waals surface area contributed by atoms with Crippen LogP contribution in [0.1, 0.15) is 42.5 Å². The molecule has 0 spiro atoms. The highest BCUT2D eigenvalue weighted by atomic mass is 32.2. The maximum absolute atomic E-state index is 13.0. The van der Waals surface area contributed by atoms with E-state index < -0.39 is 10.0 Å². The summed E-state index contributed by atoms with van der Waals surface area (Å²) in [4.78, 5) is 17.0. The van der Waals surface area contributed by atoms with E-state index >= 15 is 0 Å². The fourth-order valence-corrected chi connectivity index (χ4v) is 5.25. The number of rotatable bonds is 4. The summed E-state index contributed by atoms with van der Waals surface area (Å²) in [7, 11) is 0.125. The minimum Gasteiger partial charge on any atom is -0.336 e. The lowest BCUT2D eigenvalue weighted by atomic mass is 9.96. The molecule has 7 heteroatoms. The van der Waals surface area contributed by atoms with Gasteiger partial charge in [0.2, 0.25) is 10.0 Å². The molecule has 0 bridgehead atoms. The Bertz CT molecular complexity index is 736. The van der Waals surface area contributed by atoms with E-state index in [1.54, 1.807) is 30.1 Å². The summed E-state index contributed by atoms with van der Waals surface area (Å²) >= 11 is 0. The van der Waals surface area contributed by atoms with Crippen molar-refractivity contribution in [2.24, 2.45) is 0 Å². The minimum atomic E-state index is -3.58. The quantitative estimate of drug-likeness (QED) is 0.803. The fraction of sp³-hybridized carbons (Fsp3) is 0.632. The van der Waals surface area contributed by atoms with Gasteiger partial charge in [-0.1, -0.05) is 25.3 Å². The van der Waals surface area contributed by atoms with Gasteiger partial charge in [-0.2, -0.15) is 4.31 Å². The molecular formula is C19H29N3O3S. The van der Waals surface area contributed by atoms with Gasteiger partial charge in [-0.3, -0.25) is 4.79 Å². The van der Waals surface area contributed by atoms with Crippen LogP contribution in [-0.2, 0) is 10.0 Å². The molecule has 1 heterocycles. The Morgan fingerprint density at radius 1 is 1.08 bits per heavy atom. The highest BCUT2D eigenvalue weighted by Crippen LogP contribution is 2.27. The van der Waals surface area contributed by atoms with Gasteiger partial charge in [-0.25, -0.2) is 8.42 Å². The van der Waals surface area contributed by atoms with Crippen LogP contribution in [0.4, 0.5) is 0 Å². The predicted octanol–water partition coefficient (Wildman–Crippen LogP) is 2.03. The molecule has 0 atom stereocenters. The van der Waals surface area contributed by atoms with Crippen molar-refractivity contribution in [2.45, 2.75) is 43.0 Å². The third kappa shape index (κ3) is 4.10. The molecule has 3 rings (SSSR count). The molecule has 1 amide bonds. The second kappa shape index (κ2) is 8.06. The maximum atomic E-state index is 13.0. The Morgan fingerprint density at radius 2 is 1.73 bits per heavy atom. The third-order valence-electron chi connectivity index (χ3n) is 5.64. The standard InChI is InChI=1S/C19H29N3O3S/c1-20-11-13-22(14-12-20)19(23)16-7-6-10-18(15-16)26(24,25)21(2)17-8-4-3-5-9-17/h6-7,10,15,17H,3-5,8-9,11-14H2,1-2H3. The second-order valence-corrected chi connectivity index (χ2v) is 9.43. The first-order valence-corrected chi connectivity index (χ1v) is 10.9. The van der Waals surface area contributed by atoms with Crippen LogP contribution in [0.15, 0.2) is 29.2 Å². The molecule has 1 aliphatic carbocycles. The van der Waals surface area contributed by atoms with E-state index in [9.17, 15) is 13.2 Å². The topological polar surface area (TPSA) is 60.9 Å². The number of amides is 1. The van der Waals surface area contributed by atoms with Crippen LogP contribution in [0.25, 0.3) is 0 Å². The van der Waals surface area contributed by atoms with Crippen LogP contribution in [0.5, 0.6) is 0 Å². The molecule has 2 aliphatic rings. The Kier molecular flexibility index (Phi) is 5.99. The number of benzene rings is 1. The van der Waals surface area contributed by atoms with Gasteiger partial charge in [0.1, 0.15) is 0 Å². The van der Waals surface area contributed by atoms with Gasteiger partial charge in [0.25, 0.3) is 5.91 Å². The number of carbonyl (C=O) groups excluding carboxylic acids is 1. The fourth-order valence-electron chi connectivity index (χ4n) is 3.79. The number of hydrogen-bond donors (Lipinski definition) is 0. The van der Waals surface area contributed by atoms with E-state index in [1.165, 1.54) is 16.8 Å². The van der Waals surface area contributed by atoms with Crippen LogP contribution >= 0.6 is 0 Å². The van der Waals surface area contributed by atoms with Crippen molar-refractivity contribution in [3.05, 3.63) is 29.8 Å². The van der Waals surface area contributed by atoms with Gasteiger partial charge >= 0.3 is 0 Å². The Labute approximate surface area is 156 Å². The summed E-state index contributed by atoms with van der Waals surface area (Å²) in [6.45, 7) is 3.03. The number of hydrogen-bond acceptors (Lipinski definition) is 4. The maximum Gasteiger partial charge on any atom is 0.253 e. The second-order valence-electron chi connectivity index (χ2n) is 7.44. The van der Waals surface area contributed by atoms with Crippen molar-refractivity contribution in [2.75, 3.05) is 40.3 Å². The molecule has 0 aromatic heterocycles. The van der Waals surface area contributed by atoms with Gasteiger partial charge in [-0.15, -0.1) is 0 Å². The first-order valence-electron chi connectivity index (χ1n) is 9.45. The normalized spacial score (nSPS) is 20.5. The van der Waals surface area contributed by atoms with E-state index in [0.29, 0.717) is 18.7 Å². The van der Waals surface area contributed by atoms with Gasteiger partial charge in [0.15, 0.2) is 0 Å². The van der Waals surface area contributed by atoms with Gasteiger partial charge in [0.05, 0.1) is 4.90 Å². The molecule has 1 saturated carbocycles. The molecule has 144 valence electrons. The zero-order valence-electron chi connectivity index (χ0n) is 15.7. The lowest BCUT2D eigenvalue weighted by Crippen LogP contribution is -2.47. The molecule has 6 nitrogen and oxygen atoms in total. The highest BCUT2D eigenvalue weighted by molar-refractivity contribution is 7.89. The zero-order valence-corrected chi connectivity index (χ0v) is 16.5. The van der Waals surface area contributed by atoms with E-state index in [4.69, 9.17) is 0 Å². The Morgan fingerprint density at radius 3 is 2.38 bits per heavy atom.